The number of ether oxygens (including phenoxy) is 1. The molecule has 1 aliphatic rings. The highest BCUT2D eigenvalue weighted by molar-refractivity contribution is 7.18. The first-order chi connectivity index (χ1) is 14.4. The molecule has 0 aliphatic carbocycles. The smallest absolute Gasteiger partial charge is 0.119 e. The molecule has 1 fully saturated rings. The van der Waals surface area contributed by atoms with Crippen LogP contribution in [0.1, 0.15) is 50.1 Å². The molecule has 2 aromatic carbocycles. The Hall–Kier alpha value is -1.95. The van der Waals surface area contributed by atoms with Crippen molar-refractivity contribution in [3.8, 4) is 5.75 Å². The Morgan fingerprint density at radius 2 is 1.80 bits per heavy atom. The molecule has 2 heterocycles. The van der Waals surface area contributed by atoms with Crippen molar-refractivity contribution in [3.05, 3.63) is 59.1 Å². The van der Waals surface area contributed by atoms with E-state index < -0.39 is 6.10 Å². The fourth-order valence-corrected chi connectivity index (χ4v) is 5.16. The molecule has 0 radical (unpaired) electrons. The second-order valence-corrected chi connectivity index (χ2v) is 10.4. The summed E-state index contributed by atoms with van der Waals surface area (Å²) in [5, 5.41) is 11.7. The van der Waals surface area contributed by atoms with Crippen LogP contribution in [0.5, 0.6) is 5.75 Å². The lowest BCUT2D eigenvalue weighted by Crippen LogP contribution is -2.40. The van der Waals surface area contributed by atoms with Crippen LogP contribution >= 0.6 is 11.3 Å². The summed E-state index contributed by atoms with van der Waals surface area (Å²) in [6.45, 7) is 9.58. The van der Waals surface area contributed by atoms with Crippen molar-refractivity contribution >= 4 is 21.6 Å². The van der Waals surface area contributed by atoms with Gasteiger partial charge in [-0.25, -0.2) is 4.98 Å². The summed E-state index contributed by atoms with van der Waals surface area (Å²) in [4.78, 5) is 7.18. The van der Waals surface area contributed by atoms with Gasteiger partial charge in [0.1, 0.15) is 18.5 Å². The molecule has 1 saturated heterocycles. The quantitative estimate of drug-likeness (QED) is 0.590. The van der Waals surface area contributed by atoms with Gasteiger partial charge in [-0.3, -0.25) is 0 Å². The van der Waals surface area contributed by atoms with Crippen LogP contribution in [0, 0.1) is 0 Å². The zero-order valence-corrected chi connectivity index (χ0v) is 19.0. The highest BCUT2D eigenvalue weighted by atomic mass is 32.1. The largest absolute Gasteiger partial charge is 0.491 e. The van der Waals surface area contributed by atoms with Crippen LogP contribution < -0.4 is 4.74 Å². The molecular weight excluding hydrogens is 392 g/mol. The lowest BCUT2D eigenvalue weighted by Gasteiger charge is -2.32. The number of hydrogen-bond acceptors (Lipinski definition) is 5. The number of nitrogens with zero attached hydrogens (tertiary/aromatic N) is 2. The molecule has 160 valence electrons. The number of β-amino-alcohol motifs (C(OH)–C–C–N with tert-alkyl or cyclic N) is 1. The van der Waals surface area contributed by atoms with Crippen LogP contribution in [-0.2, 0) is 5.41 Å². The third-order valence-electron chi connectivity index (χ3n) is 5.88. The lowest BCUT2D eigenvalue weighted by molar-refractivity contribution is 0.0594. The number of fused-ring (bicyclic) bond motifs is 1. The Balaban J connectivity index is 1.22. The Bertz CT molecular complexity index is 920. The third kappa shape index (κ3) is 5.20. The number of aliphatic hydroxyl groups is 1. The highest BCUT2D eigenvalue weighted by Gasteiger charge is 2.24. The first-order valence-corrected chi connectivity index (χ1v) is 11.7. The zero-order chi connectivity index (χ0) is 21.1. The molecule has 4 rings (SSSR count). The van der Waals surface area contributed by atoms with Gasteiger partial charge in [-0.15, -0.1) is 11.3 Å². The molecule has 0 bridgehead atoms. The van der Waals surface area contributed by atoms with Gasteiger partial charge in [0.25, 0.3) is 0 Å². The fourth-order valence-electron chi connectivity index (χ4n) is 4.02. The van der Waals surface area contributed by atoms with Crippen LogP contribution in [0.2, 0.25) is 0 Å². The molecule has 4 nitrogen and oxygen atoms in total. The van der Waals surface area contributed by atoms with Crippen molar-refractivity contribution in [3.63, 3.8) is 0 Å². The van der Waals surface area contributed by atoms with E-state index in [1.165, 1.54) is 15.3 Å². The molecule has 3 aromatic rings. The molecule has 30 heavy (non-hydrogen) atoms. The number of para-hydroxylation sites is 1. The maximum Gasteiger partial charge on any atom is 0.119 e. The topological polar surface area (TPSA) is 45.6 Å². The van der Waals surface area contributed by atoms with Crippen LogP contribution in [0.25, 0.3) is 10.2 Å². The zero-order valence-electron chi connectivity index (χ0n) is 18.2. The summed E-state index contributed by atoms with van der Waals surface area (Å²) < 4.78 is 7.09. The van der Waals surface area contributed by atoms with E-state index in [0.29, 0.717) is 19.1 Å². The Labute approximate surface area is 183 Å². The van der Waals surface area contributed by atoms with Gasteiger partial charge >= 0.3 is 0 Å². The number of aromatic nitrogens is 1. The second-order valence-electron chi connectivity index (χ2n) is 9.33. The predicted octanol–water partition coefficient (Wildman–Crippen LogP) is 5.21. The van der Waals surface area contributed by atoms with Crippen LogP contribution in [-0.4, -0.2) is 47.3 Å². The predicted molar refractivity (Wildman–Crippen MR) is 125 cm³/mol. The van der Waals surface area contributed by atoms with E-state index in [1.807, 2.05) is 23.5 Å². The number of rotatable bonds is 6. The molecule has 1 aromatic heterocycles. The molecule has 0 spiro atoms. The fraction of sp³-hybridized carbons (Fsp3) is 0.480. The van der Waals surface area contributed by atoms with Crippen LogP contribution in [0.3, 0.4) is 0 Å². The first-order valence-electron chi connectivity index (χ1n) is 10.9. The number of benzene rings is 2. The standard InChI is InChI=1S/C25H32N2O2S/c1-25(2,3)19-8-10-21(11-9-19)29-17-20(28)16-27-14-12-18(13-15-27)24-26-22-6-4-5-7-23(22)30-24/h4-11,18,20,28H,12-17H2,1-3H3. The molecule has 0 saturated carbocycles. The van der Waals surface area contributed by atoms with Gasteiger partial charge < -0.3 is 14.7 Å². The van der Waals surface area contributed by atoms with Crippen molar-refractivity contribution in [2.45, 2.75) is 51.0 Å². The van der Waals surface area contributed by atoms with Gasteiger partial charge in [-0.1, -0.05) is 45.0 Å². The summed E-state index contributed by atoms with van der Waals surface area (Å²) in [7, 11) is 0. The summed E-state index contributed by atoms with van der Waals surface area (Å²) in [5.41, 5.74) is 2.53. The minimum absolute atomic E-state index is 0.134. The molecule has 1 N–H and O–H groups in total. The molecule has 1 unspecified atom stereocenters. The van der Waals surface area contributed by atoms with E-state index in [2.05, 4.69) is 62.1 Å². The third-order valence-corrected chi connectivity index (χ3v) is 7.08. The Morgan fingerprint density at radius 1 is 1.10 bits per heavy atom. The summed E-state index contributed by atoms with van der Waals surface area (Å²) in [6, 6.07) is 16.6. The van der Waals surface area contributed by atoms with Crippen molar-refractivity contribution in [1.29, 1.82) is 0 Å². The SMILES string of the molecule is CC(C)(C)c1ccc(OCC(O)CN2CCC(c3nc4ccccc4s3)CC2)cc1. The van der Waals surface area contributed by atoms with Crippen LogP contribution in [0.15, 0.2) is 48.5 Å². The molecule has 1 aliphatic heterocycles. The van der Waals surface area contributed by atoms with Crippen LogP contribution in [0.4, 0.5) is 0 Å². The van der Waals surface area contributed by atoms with Gasteiger partial charge in [-0.2, -0.15) is 0 Å². The number of likely N-dealkylation sites (tertiary alicyclic amines) is 1. The Morgan fingerprint density at radius 3 is 2.47 bits per heavy atom. The molecule has 5 heteroatoms. The number of thiazole rings is 1. The van der Waals surface area contributed by atoms with E-state index in [-0.39, 0.29) is 5.41 Å². The molecule has 0 amide bonds. The normalized spacial score (nSPS) is 17.3. The highest BCUT2D eigenvalue weighted by Crippen LogP contribution is 2.33. The van der Waals surface area contributed by atoms with Crippen molar-refractivity contribution in [2.75, 3.05) is 26.2 Å². The van der Waals surface area contributed by atoms with Crippen molar-refractivity contribution in [2.24, 2.45) is 0 Å². The summed E-state index contributed by atoms with van der Waals surface area (Å²) >= 11 is 1.83. The van der Waals surface area contributed by atoms with Gasteiger partial charge in [0.2, 0.25) is 0 Å². The Kier molecular flexibility index (Phi) is 6.42. The minimum Gasteiger partial charge on any atom is -0.491 e. The first kappa shape index (κ1) is 21.3. The minimum atomic E-state index is -0.480. The van der Waals surface area contributed by atoms with E-state index in [1.54, 1.807) is 0 Å². The average Bonchev–Trinajstić information content (AvgIpc) is 3.17. The number of hydrogen-bond donors (Lipinski definition) is 1. The van der Waals surface area contributed by atoms with E-state index in [0.717, 1.165) is 37.2 Å². The van der Waals surface area contributed by atoms with Gasteiger partial charge in [0.05, 0.1) is 15.2 Å². The van der Waals surface area contributed by atoms with E-state index >= 15 is 0 Å². The van der Waals surface area contributed by atoms with E-state index in [9.17, 15) is 5.11 Å². The monoisotopic (exact) mass is 424 g/mol. The average molecular weight is 425 g/mol. The van der Waals surface area contributed by atoms with Gasteiger partial charge in [0, 0.05) is 12.5 Å². The molecule has 1 atom stereocenters. The van der Waals surface area contributed by atoms with Gasteiger partial charge in [-0.05, 0) is 61.2 Å². The number of piperidine rings is 1. The summed E-state index contributed by atoms with van der Waals surface area (Å²) in [6.07, 6.45) is 1.72. The second kappa shape index (κ2) is 9.04. The maximum absolute atomic E-state index is 10.4. The van der Waals surface area contributed by atoms with Gasteiger partial charge in [0.15, 0.2) is 0 Å². The van der Waals surface area contributed by atoms with Crippen molar-refractivity contribution in [1.82, 2.24) is 9.88 Å². The van der Waals surface area contributed by atoms with E-state index in [4.69, 9.17) is 9.72 Å². The lowest BCUT2D eigenvalue weighted by atomic mass is 9.87. The number of aliphatic hydroxyl groups excluding tert-OH is 1. The van der Waals surface area contributed by atoms with Crippen molar-refractivity contribution < 1.29 is 9.84 Å². The molecular formula is C25H32N2O2S. The summed E-state index contributed by atoms with van der Waals surface area (Å²) in [5.74, 6) is 1.35. The maximum atomic E-state index is 10.4.